The van der Waals surface area contributed by atoms with Crippen molar-refractivity contribution in [3.05, 3.63) is 58.6 Å². The molecule has 0 saturated carbocycles. The SMILES string of the molecule is COc1nc(-c2ccccc2)n(S(=O)(=O)c2cc(Cl)ccc2Cl)n1. The molecule has 0 atom stereocenters. The molecule has 24 heavy (non-hydrogen) atoms. The standard InChI is InChI=1S/C15H11Cl2N3O3S/c1-23-15-18-14(10-5-3-2-4-6-10)20(19-15)24(21,22)13-9-11(16)7-8-12(13)17/h2-9H,1H3. The molecule has 0 spiro atoms. The largest absolute Gasteiger partial charge is 0.466 e. The Balaban J connectivity index is 2.25. The molecule has 0 amide bonds. The summed E-state index contributed by atoms with van der Waals surface area (Å²) >= 11 is 11.9. The van der Waals surface area contributed by atoms with E-state index in [4.69, 9.17) is 27.9 Å². The van der Waals surface area contributed by atoms with E-state index >= 15 is 0 Å². The van der Waals surface area contributed by atoms with E-state index in [2.05, 4.69) is 10.1 Å². The van der Waals surface area contributed by atoms with Crippen LogP contribution < -0.4 is 4.74 Å². The molecule has 0 aliphatic heterocycles. The van der Waals surface area contributed by atoms with Crippen molar-refractivity contribution >= 4 is 33.2 Å². The maximum Gasteiger partial charge on any atom is 0.336 e. The second kappa shape index (κ2) is 6.43. The zero-order valence-electron chi connectivity index (χ0n) is 12.3. The number of hydrogen-bond donors (Lipinski definition) is 0. The van der Waals surface area contributed by atoms with Crippen LogP contribution in [0.25, 0.3) is 11.4 Å². The predicted molar refractivity (Wildman–Crippen MR) is 91.1 cm³/mol. The summed E-state index contributed by atoms with van der Waals surface area (Å²) in [6, 6.07) is 12.9. The molecule has 124 valence electrons. The first-order valence-corrected chi connectivity index (χ1v) is 8.90. The molecule has 0 fully saturated rings. The highest BCUT2D eigenvalue weighted by Gasteiger charge is 2.27. The van der Waals surface area contributed by atoms with Crippen LogP contribution in [0.4, 0.5) is 0 Å². The first-order chi connectivity index (χ1) is 11.4. The maximum atomic E-state index is 13.0. The molecule has 0 unspecified atom stereocenters. The van der Waals surface area contributed by atoms with Gasteiger partial charge in [-0.1, -0.05) is 58.6 Å². The van der Waals surface area contributed by atoms with Gasteiger partial charge in [-0.3, -0.25) is 0 Å². The molecule has 0 saturated heterocycles. The van der Waals surface area contributed by atoms with Gasteiger partial charge in [0.05, 0.1) is 12.1 Å². The zero-order valence-corrected chi connectivity index (χ0v) is 14.7. The lowest BCUT2D eigenvalue weighted by Crippen LogP contribution is -2.16. The molecular weight excluding hydrogens is 373 g/mol. The third-order valence-corrected chi connectivity index (χ3v) is 5.45. The molecule has 1 aromatic heterocycles. The van der Waals surface area contributed by atoms with E-state index in [1.807, 2.05) is 6.07 Å². The van der Waals surface area contributed by atoms with Crippen molar-refractivity contribution in [3.63, 3.8) is 0 Å². The Bertz CT molecular complexity index is 988. The highest BCUT2D eigenvalue weighted by Crippen LogP contribution is 2.30. The van der Waals surface area contributed by atoms with Crippen LogP contribution in [0.2, 0.25) is 10.0 Å². The van der Waals surface area contributed by atoms with Gasteiger partial charge in [-0.15, -0.1) is 4.09 Å². The van der Waals surface area contributed by atoms with E-state index in [0.717, 1.165) is 4.09 Å². The van der Waals surface area contributed by atoms with Gasteiger partial charge >= 0.3 is 6.01 Å². The van der Waals surface area contributed by atoms with Gasteiger partial charge in [-0.05, 0) is 18.2 Å². The molecule has 0 radical (unpaired) electrons. The molecule has 6 nitrogen and oxygen atoms in total. The highest BCUT2D eigenvalue weighted by atomic mass is 35.5. The summed E-state index contributed by atoms with van der Waals surface area (Å²) in [5.74, 6) is 0.114. The van der Waals surface area contributed by atoms with Crippen LogP contribution in [0.3, 0.4) is 0 Å². The van der Waals surface area contributed by atoms with Crippen LogP contribution in [0.1, 0.15) is 0 Å². The van der Waals surface area contributed by atoms with Gasteiger partial charge in [0.15, 0.2) is 5.82 Å². The maximum absolute atomic E-state index is 13.0. The van der Waals surface area contributed by atoms with E-state index in [0.29, 0.717) is 5.56 Å². The van der Waals surface area contributed by atoms with Gasteiger partial charge in [0.25, 0.3) is 10.0 Å². The van der Waals surface area contributed by atoms with Gasteiger partial charge < -0.3 is 4.74 Å². The minimum atomic E-state index is -4.11. The number of methoxy groups -OCH3 is 1. The van der Waals surface area contributed by atoms with Crippen molar-refractivity contribution in [1.82, 2.24) is 14.2 Å². The summed E-state index contributed by atoms with van der Waals surface area (Å²) in [7, 11) is -2.76. The number of hydrogen-bond acceptors (Lipinski definition) is 5. The molecule has 1 heterocycles. The Hall–Kier alpha value is -2.09. The Kier molecular flexibility index (Phi) is 4.49. The molecule has 0 aliphatic rings. The summed E-state index contributed by atoms with van der Waals surface area (Å²) in [6.45, 7) is 0. The van der Waals surface area contributed by atoms with Gasteiger partial charge in [-0.25, -0.2) is 0 Å². The minimum Gasteiger partial charge on any atom is -0.466 e. The minimum absolute atomic E-state index is 0.0351. The quantitative estimate of drug-likeness (QED) is 0.689. The Morgan fingerprint density at radius 3 is 2.46 bits per heavy atom. The van der Waals surface area contributed by atoms with Crippen molar-refractivity contribution in [2.24, 2.45) is 0 Å². The van der Waals surface area contributed by atoms with Gasteiger partial charge in [0.2, 0.25) is 0 Å². The Morgan fingerprint density at radius 1 is 1.08 bits per heavy atom. The fourth-order valence-electron chi connectivity index (χ4n) is 2.07. The third-order valence-electron chi connectivity index (χ3n) is 3.17. The average molecular weight is 384 g/mol. The summed E-state index contributed by atoms with van der Waals surface area (Å²) in [6.07, 6.45) is 0. The van der Waals surface area contributed by atoms with Crippen LogP contribution in [-0.2, 0) is 10.0 Å². The monoisotopic (exact) mass is 383 g/mol. The Morgan fingerprint density at radius 2 is 1.79 bits per heavy atom. The van der Waals surface area contributed by atoms with Crippen LogP contribution in [0.15, 0.2) is 53.4 Å². The molecule has 3 aromatic rings. The summed E-state index contributed by atoms with van der Waals surface area (Å²) in [4.78, 5) is 3.95. The molecule has 9 heteroatoms. The first kappa shape index (κ1) is 16.8. The van der Waals surface area contributed by atoms with Gasteiger partial charge in [0, 0.05) is 10.6 Å². The zero-order chi connectivity index (χ0) is 17.3. The number of ether oxygens (including phenoxy) is 1. The summed E-state index contributed by atoms with van der Waals surface area (Å²) in [5.41, 5.74) is 0.565. The highest BCUT2D eigenvalue weighted by molar-refractivity contribution is 7.90. The normalized spacial score (nSPS) is 11.5. The van der Waals surface area contributed by atoms with Crippen LogP contribution in [0, 0.1) is 0 Å². The fraction of sp³-hybridized carbons (Fsp3) is 0.0667. The topological polar surface area (TPSA) is 74.1 Å². The number of benzene rings is 2. The molecule has 3 rings (SSSR count). The van der Waals surface area contributed by atoms with E-state index in [1.54, 1.807) is 24.3 Å². The fourth-order valence-corrected chi connectivity index (χ4v) is 4.04. The van der Waals surface area contributed by atoms with Crippen molar-refractivity contribution in [1.29, 1.82) is 0 Å². The second-order valence-corrected chi connectivity index (χ2v) is 7.29. The van der Waals surface area contributed by atoms with Crippen molar-refractivity contribution < 1.29 is 13.2 Å². The smallest absolute Gasteiger partial charge is 0.336 e. The molecular formula is C15H11Cl2N3O3S. The van der Waals surface area contributed by atoms with Crippen LogP contribution in [0.5, 0.6) is 6.01 Å². The lowest BCUT2D eigenvalue weighted by molar-refractivity contribution is 0.380. The summed E-state index contributed by atoms with van der Waals surface area (Å²) < 4.78 is 31.8. The van der Waals surface area contributed by atoms with E-state index in [9.17, 15) is 8.42 Å². The number of nitrogens with zero attached hydrogens (tertiary/aromatic N) is 3. The van der Waals surface area contributed by atoms with E-state index in [1.165, 1.54) is 25.3 Å². The predicted octanol–water partition coefficient (Wildman–Crippen LogP) is 3.50. The van der Waals surface area contributed by atoms with E-state index in [-0.39, 0.29) is 26.8 Å². The number of rotatable bonds is 4. The van der Waals surface area contributed by atoms with Gasteiger partial charge in [-0.2, -0.15) is 13.4 Å². The molecule has 0 aliphatic carbocycles. The van der Waals surface area contributed by atoms with E-state index < -0.39 is 10.0 Å². The molecule has 2 aromatic carbocycles. The number of halogens is 2. The average Bonchev–Trinajstić information content (AvgIpc) is 3.03. The first-order valence-electron chi connectivity index (χ1n) is 6.70. The lowest BCUT2D eigenvalue weighted by atomic mass is 10.2. The van der Waals surface area contributed by atoms with Gasteiger partial charge in [0.1, 0.15) is 4.90 Å². The lowest BCUT2D eigenvalue weighted by Gasteiger charge is -2.09. The van der Waals surface area contributed by atoms with Crippen LogP contribution >= 0.6 is 23.2 Å². The Labute approximate surface area is 148 Å². The third kappa shape index (κ3) is 2.98. The van der Waals surface area contributed by atoms with Crippen molar-refractivity contribution in [3.8, 4) is 17.4 Å². The van der Waals surface area contributed by atoms with Crippen LogP contribution in [-0.4, -0.2) is 29.7 Å². The number of aromatic nitrogens is 3. The van der Waals surface area contributed by atoms with Crippen molar-refractivity contribution in [2.45, 2.75) is 4.90 Å². The second-order valence-electron chi connectivity index (χ2n) is 4.71. The van der Waals surface area contributed by atoms with Crippen molar-refractivity contribution in [2.75, 3.05) is 7.11 Å². The molecule has 0 bridgehead atoms. The summed E-state index contributed by atoms with van der Waals surface area (Å²) in [5, 5.41) is 4.19. The molecule has 0 N–H and O–H groups in total.